The fraction of sp³-hybridized carbons (Fsp3) is 0.769. The number of rotatable bonds is 4. The summed E-state index contributed by atoms with van der Waals surface area (Å²) in [5, 5.41) is 0. The molecular formula is C13H24N4. The Labute approximate surface area is 104 Å². The van der Waals surface area contributed by atoms with Crippen LogP contribution in [0.5, 0.6) is 0 Å². The molecule has 17 heavy (non-hydrogen) atoms. The molecular weight excluding hydrogens is 212 g/mol. The highest BCUT2D eigenvalue weighted by Gasteiger charge is 2.26. The summed E-state index contributed by atoms with van der Waals surface area (Å²) >= 11 is 0. The standard InChI is InChI=1S/C13H24N4/c1-3-16-9-7-15-13(16)10-17-8-5-4-6-12(17)11(2)14/h7,9,11-12H,3-6,8,10,14H2,1-2H3. The fourth-order valence-corrected chi connectivity index (χ4v) is 2.77. The summed E-state index contributed by atoms with van der Waals surface area (Å²) in [4.78, 5) is 6.96. The van der Waals surface area contributed by atoms with Gasteiger partial charge in [0, 0.05) is 31.0 Å². The molecule has 1 aromatic heterocycles. The molecule has 2 unspecified atom stereocenters. The van der Waals surface area contributed by atoms with Gasteiger partial charge in [-0.3, -0.25) is 4.90 Å². The van der Waals surface area contributed by atoms with E-state index in [9.17, 15) is 0 Å². The van der Waals surface area contributed by atoms with Gasteiger partial charge in [-0.05, 0) is 33.2 Å². The van der Waals surface area contributed by atoms with E-state index in [1.54, 1.807) is 0 Å². The Morgan fingerprint density at radius 2 is 2.35 bits per heavy atom. The zero-order valence-corrected chi connectivity index (χ0v) is 11.0. The van der Waals surface area contributed by atoms with Gasteiger partial charge >= 0.3 is 0 Å². The summed E-state index contributed by atoms with van der Waals surface area (Å²) in [5.74, 6) is 1.17. The number of aromatic nitrogens is 2. The topological polar surface area (TPSA) is 47.1 Å². The molecule has 1 aromatic rings. The number of nitrogens with two attached hydrogens (primary N) is 1. The van der Waals surface area contributed by atoms with E-state index in [0.717, 1.165) is 19.6 Å². The zero-order valence-electron chi connectivity index (χ0n) is 11.0. The van der Waals surface area contributed by atoms with Crippen LogP contribution in [0.15, 0.2) is 12.4 Å². The molecule has 1 fully saturated rings. The van der Waals surface area contributed by atoms with Crippen LogP contribution in [-0.2, 0) is 13.1 Å². The van der Waals surface area contributed by atoms with E-state index in [0.29, 0.717) is 6.04 Å². The molecule has 0 spiro atoms. The van der Waals surface area contributed by atoms with Gasteiger partial charge in [0.05, 0.1) is 6.54 Å². The third kappa shape index (κ3) is 2.87. The van der Waals surface area contributed by atoms with Crippen molar-refractivity contribution >= 4 is 0 Å². The van der Waals surface area contributed by atoms with E-state index < -0.39 is 0 Å². The van der Waals surface area contributed by atoms with Crippen molar-refractivity contribution in [3.05, 3.63) is 18.2 Å². The molecule has 0 radical (unpaired) electrons. The second kappa shape index (κ2) is 5.65. The Kier molecular flexibility index (Phi) is 4.18. The highest BCUT2D eigenvalue weighted by atomic mass is 15.2. The number of imidazole rings is 1. The van der Waals surface area contributed by atoms with E-state index in [4.69, 9.17) is 5.73 Å². The van der Waals surface area contributed by atoms with Crippen molar-refractivity contribution in [1.82, 2.24) is 14.5 Å². The Balaban J connectivity index is 2.05. The van der Waals surface area contributed by atoms with Gasteiger partial charge in [0.1, 0.15) is 5.82 Å². The van der Waals surface area contributed by atoms with E-state index in [1.807, 2.05) is 6.20 Å². The average Bonchev–Trinajstić information content (AvgIpc) is 2.77. The van der Waals surface area contributed by atoms with Crippen LogP contribution in [0.3, 0.4) is 0 Å². The van der Waals surface area contributed by atoms with Crippen molar-refractivity contribution in [2.75, 3.05) is 6.54 Å². The Morgan fingerprint density at radius 3 is 3.06 bits per heavy atom. The minimum Gasteiger partial charge on any atom is -0.334 e. The molecule has 1 aliphatic heterocycles. The van der Waals surface area contributed by atoms with Crippen LogP contribution >= 0.6 is 0 Å². The first-order chi connectivity index (χ1) is 8.22. The van der Waals surface area contributed by atoms with Crippen LogP contribution in [-0.4, -0.2) is 33.1 Å². The largest absolute Gasteiger partial charge is 0.334 e. The van der Waals surface area contributed by atoms with Gasteiger partial charge in [0.15, 0.2) is 0 Å². The van der Waals surface area contributed by atoms with E-state index >= 15 is 0 Å². The summed E-state index contributed by atoms with van der Waals surface area (Å²) in [6, 6.07) is 0.770. The molecule has 0 amide bonds. The maximum absolute atomic E-state index is 6.09. The second-order valence-electron chi connectivity index (χ2n) is 5.02. The summed E-state index contributed by atoms with van der Waals surface area (Å²) in [5.41, 5.74) is 6.09. The van der Waals surface area contributed by atoms with Gasteiger partial charge in [-0.25, -0.2) is 4.98 Å². The minimum absolute atomic E-state index is 0.250. The quantitative estimate of drug-likeness (QED) is 0.864. The van der Waals surface area contributed by atoms with Gasteiger partial charge in [-0.1, -0.05) is 6.42 Å². The number of nitrogens with zero attached hydrogens (tertiary/aromatic N) is 3. The lowest BCUT2D eigenvalue weighted by Crippen LogP contribution is -2.48. The van der Waals surface area contributed by atoms with Gasteiger partial charge in [0.25, 0.3) is 0 Å². The van der Waals surface area contributed by atoms with Gasteiger partial charge in [0.2, 0.25) is 0 Å². The molecule has 2 atom stereocenters. The van der Waals surface area contributed by atoms with E-state index in [1.165, 1.54) is 25.1 Å². The smallest absolute Gasteiger partial charge is 0.122 e. The molecule has 1 saturated heterocycles. The number of aryl methyl sites for hydroxylation is 1. The maximum Gasteiger partial charge on any atom is 0.122 e. The Morgan fingerprint density at radius 1 is 1.53 bits per heavy atom. The van der Waals surface area contributed by atoms with Crippen molar-refractivity contribution in [2.45, 2.75) is 58.3 Å². The van der Waals surface area contributed by atoms with Crippen LogP contribution < -0.4 is 5.73 Å². The lowest BCUT2D eigenvalue weighted by molar-refractivity contribution is 0.118. The number of piperidine rings is 1. The lowest BCUT2D eigenvalue weighted by atomic mass is 9.97. The molecule has 0 saturated carbocycles. The Bertz CT molecular complexity index is 345. The monoisotopic (exact) mass is 236 g/mol. The van der Waals surface area contributed by atoms with Crippen LogP contribution in [0, 0.1) is 0 Å². The molecule has 0 aromatic carbocycles. The summed E-state index contributed by atoms with van der Waals surface area (Å²) < 4.78 is 2.22. The maximum atomic E-state index is 6.09. The molecule has 1 aliphatic rings. The SMILES string of the molecule is CCn1ccnc1CN1CCCCC1C(C)N. The normalized spacial score (nSPS) is 23.8. The average molecular weight is 236 g/mol. The van der Waals surface area contributed by atoms with Crippen molar-refractivity contribution in [1.29, 1.82) is 0 Å². The zero-order chi connectivity index (χ0) is 12.3. The van der Waals surface area contributed by atoms with Crippen molar-refractivity contribution < 1.29 is 0 Å². The van der Waals surface area contributed by atoms with Gasteiger partial charge < -0.3 is 10.3 Å². The summed E-state index contributed by atoms with van der Waals surface area (Å²) in [6.07, 6.45) is 7.77. The van der Waals surface area contributed by atoms with Crippen LogP contribution in [0.25, 0.3) is 0 Å². The van der Waals surface area contributed by atoms with Crippen molar-refractivity contribution in [3.8, 4) is 0 Å². The van der Waals surface area contributed by atoms with E-state index in [2.05, 4.69) is 34.5 Å². The summed E-state index contributed by atoms with van der Waals surface area (Å²) in [7, 11) is 0. The van der Waals surface area contributed by atoms with Crippen molar-refractivity contribution in [2.24, 2.45) is 5.73 Å². The predicted octanol–water partition coefficient (Wildman–Crippen LogP) is 1.60. The third-order valence-corrected chi connectivity index (χ3v) is 3.76. The Hall–Kier alpha value is -0.870. The molecule has 2 N–H and O–H groups in total. The first-order valence-electron chi connectivity index (χ1n) is 6.72. The molecule has 0 aliphatic carbocycles. The highest BCUT2D eigenvalue weighted by Crippen LogP contribution is 2.20. The molecule has 4 heteroatoms. The number of likely N-dealkylation sites (tertiary alicyclic amines) is 1. The van der Waals surface area contributed by atoms with E-state index in [-0.39, 0.29) is 6.04 Å². The van der Waals surface area contributed by atoms with Gasteiger partial charge in [-0.15, -0.1) is 0 Å². The second-order valence-corrected chi connectivity index (χ2v) is 5.02. The molecule has 0 bridgehead atoms. The predicted molar refractivity (Wildman–Crippen MR) is 69.6 cm³/mol. The molecule has 2 rings (SSSR count). The molecule has 4 nitrogen and oxygen atoms in total. The number of hydrogen-bond acceptors (Lipinski definition) is 3. The van der Waals surface area contributed by atoms with Crippen LogP contribution in [0.1, 0.15) is 38.9 Å². The third-order valence-electron chi connectivity index (χ3n) is 3.76. The van der Waals surface area contributed by atoms with Crippen LogP contribution in [0.2, 0.25) is 0 Å². The van der Waals surface area contributed by atoms with Crippen molar-refractivity contribution in [3.63, 3.8) is 0 Å². The molecule has 96 valence electrons. The summed E-state index contributed by atoms with van der Waals surface area (Å²) in [6.45, 7) is 7.36. The fourth-order valence-electron chi connectivity index (χ4n) is 2.77. The van der Waals surface area contributed by atoms with Gasteiger partial charge in [-0.2, -0.15) is 0 Å². The molecule has 2 heterocycles. The highest BCUT2D eigenvalue weighted by molar-refractivity contribution is 4.94. The first kappa shape index (κ1) is 12.6. The minimum atomic E-state index is 0.250. The number of hydrogen-bond donors (Lipinski definition) is 1. The van der Waals surface area contributed by atoms with Crippen LogP contribution in [0.4, 0.5) is 0 Å². The lowest BCUT2D eigenvalue weighted by Gasteiger charge is -2.37. The first-order valence-corrected chi connectivity index (χ1v) is 6.72.